The molecule has 0 fully saturated rings. The number of nitrogens with one attached hydrogen (secondary N) is 2. The summed E-state index contributed by atoms with van der Waals surface area (Å²) in [6, 6.07) is 8.63. The summed E-state index contributed by atoms with van der Waals surface area (Å²) in [5.41, 5.74) is 2.34. The van der Waals surface area contributed by atoms with Gasteiger partial charge in [0, 0.05) is 31.8 Å². The second-order valence-electron chi connectivity index (χ2n) is 6.15. The molecule has 2 amide bonds. The number of hydrogen-bond acceptors (Lipinski definition) is 5. The molecule has 7 nitrogen and oxygen atoms in total. The third kappa shape index (κ3) is 3.66. The van der Waals surface area contributed by atoms with Crippen LogP contribution in [0.2, 0.25) is 0 Å². The van der Waals surface area contributed by atoms with Crippen LogP contribution in [0, 0.1) is 5.92 Å². The van der Waals surface area contributed by atoms with Crippen molar-refractivity contribution in [3.63, 3.8) is 0 Å². The number of carbonyl (C=O) groups is 1. The van der Waals surface area contributed by atoms with Gasteiger partial charge in [0.05, 0.1) is 36.8 Å². The Morgan fingerprint density at radius 2 is 2.16 bits per heavy atom. The molecule has 1 aliphatic heterocycles. The predicted octanol–water partition coefficient (Wildman–Crippen LogP) is 2.01. The number of aromatic nitrogens is 1. The lowest BCUT2D eigenvalue weighted by atomic mass is 9.91. The van der Waals surface area contributed by atoms with Crippen molar-refractivity contribution in [1.82, 2.24) is 10.3 Å². The number of fused-ring (bicyclic) bond motifs is 1. The second-order valence-corrected chi connectivity index (χ2v) is 6.15. The summed E-state index contributed by atoms with van der Waals surface area (Å²) >= 11 is 0. The number of aliphatic hydroxyl groups excluding tert-OH is 1. The second kappa shape index (κ2) is 7.40. The minimum absolute atomic E-state index is 0.0719. The fraction of sp³-hybridized carbons (Fsp3) is 0.333. The van der Waals surface area contributed by atoms with Gasteiger partial charge in [-0.2, -0.15) is 0 Å². The van der Waals surface area contributed by atoms with E-state index < -0.39 is 0 Å². The van der Waals surface area contributed by atoms with E-state index in [1.54, 1.807) is 18.5 Å². The number of nitrogens with zero attached hydrogens (tertiary/aromatic N) is 2. The van der Waals surface area contributed by atoms with Crippen LogP contribution < -0.4 is 20.3 Å². The number of benzene rings is 1. The summed E-state index contributed by atoms with van der Waals surface area (Å²) in [4.78, 5) is 18.5. The summed E-state index contributed by atoms with van der Waals surface area (Å²) in [7, 11) is 3.77. The third-order valence-corrected chi connectivity index (χ3v) is 4.23. The van der Waals surface area contributed by atoms with Gasteiger partial charge < -0.3 is 25.4 Å². The number of pyridine rings is 1. The van der Waals surface area contributed by atoms with E-state index in [1.807, 2.05) is 43.3 Å². The van der Waals surface area contributed by atoms with Crippen molar-refractivity contribution in [3.8, 4) is 5.75 Å². The molecule has 3 rings (SSSR count). The zero-order chi connectivity index (χ0) is 17.8. The van der Waals surface area contributed by atoms with Crippen molar-refractivity contribution in [3.05, 3.63) is 48.3 Å². The SMILES string of the molecule is CN(C)c1cnccc1NC(=O)N[C@H]1c2ccccc2OC[C@H]1CO. The molecule has 0 saturated heterocycles. The number of rotatable bonds is 4. The molecule has 2 heterocycles. The quantitative estimate of drug-likeness (QED) is 0.791. The number of carbonyl (C=O) groups excluding carboxylic acids is 1. The average molecular weight is 342 g/mol. The van der Waals surface area contributed by atoms with Gasteiger partial charge in [-0.05, 0) is 12.1 Å². The molecule has 1 aromatic carbocycles. The van der Waals surface area contributed by atoms with E-state index in [4.69, 9.17) is 4.74 Å². The van der Waals surface area contributed by atoms with E-state index in [1.165, 1.54) is 0 Å². The van der Waals surface area contributed by atoms with Crippen molar-refractivity contribution in [2.45, 2.75) is 6.04 Å². The molecule has 2 atom stereocenters. The highest BCUT2D eigenvalue weighted by molar-refractivity contribution is 5.93. The molecule has 7 heteroatoms. The van der Waals surface area contributed by atoms with Crippen molar-refractivity contribution >= 4 is 17.4 Å². The number of aliphatic hydroxyl groups is 1. The Labute approximate surface area is 146 Å². The van der Waals surface area contributed by atoms with Gasteiger partial charge in [0.25, 0.3) is 0 Å². The van der Waals surface area contributed by atoms with Crippen LogP contribution in [0.3, 0.4) is 0 Å². The van der Waals surface area contributed by atoms with Gasteiger partial charge in [-0.3, -0.25) is 4.98 Å². The van der Waals surface area contributed by atoms with Crippen LogP contribution in [0.1, 0.15) is 11.6 Å². The van der Waals surface area contributed by atoms with Crippen LogP contribution in [-0.2, 0) is 0 Å². The van der Waals surface area contributed by atoms with E-state index >= 15 is 0 Å². The molecule has 1 aromatic heterocycles. The zero-order valence-electron chi connectivity index (χ0n) is 14.3. The van der Waals surface area contributed by atoms with Gasteiger partial charge in [-0.15, -0.1) is 0 Å². The first kappa shape index (κ1) is 17.0. The average Bonchev–Trinajstić information content (AvgIpc) is 2.62. The standard InChI is InChI=1S/C18H22N4O3/c1-22(2)15-9-19-8-7-14(15)20-18(24)21-17-12(10-23)11-25-16-6-4-3-5-13(16)17/h3-9,12,17,23H,10-11H2,1-2H3,(H2,19,20,21,24)/t12-,17-/m1/s1. The van der Waals surface area contributed by atoms with Gasteiger partial charge in [0.15, 0.2) is 0 Å². The van der Waals surface area contributed by atoms with E-state index in [9.17, 15) is 9.90 Å². The number of ether oxygens (including phenoxy) is 1. The van der Waals surface area contributed by atoms with Crippen LogP contribution in [0.5, 0.6) is 5.75 Å². The Balaban J connectivity index is 1.78. The first-order valence-corrected chi connectivity index (χ1v) is 8.11. The fourth-order valence-electron chi connectivity index (χ4n) is 2.92. The van der Waals surface area contributed by atoms with Crippen molar-refractivity contribution in [2.24, 2.45) is 5.92 Å². The van der Waals surface area contributed by atoms with Crippen molar-refractivity contribution < 1.29 is 14.6 Å². The number of hydrogen-bond donors (Lipinski definition) is 3. The normalized spacial score (nSPS) is 18.7. The molecule has 0 bridgehead atoms. The minimum atomic E-state index is -0.338. The summed E-state index contributed by atoms with van der Waals surface area (Å²) in [5, 5.41) is 15.5. The Bertz CT molecular complexity index is 751. The monoisotopic (exact) mass is 342 g/mol. The minimum Gasteiger partial charge on any atom is -0.493 e. The Kier molecular flexibility index (Phi) is 5.04. The van der Waals surface area contributed by atoms with Gasteiger partial charge in [0.2, 0.25) is 0 Å². The number of para-hydroxylation sites is 1. The molecule has 0 unspecified atom stereocenters. The van der Waals surface area contributed by atoms with E-state index in [0.29, 0.717) is 12.3 Å². The highest BCUT2D eigenvalue weighted by Crippen LogP contribution is 2.35. The Morgan fingerprint density at radius 3 is 2.92 bits per heavy atom. The Morgan fingerprint density at radius 1 is 1.36 bits per heavy atom. The maximum atomic E-state index is 12.5. The summed E-state index contributed by atoms with van der Waals surface area (Å²) in [6.45, 7) is 0.286. The number of urea groups is 1. The molecule has 1 aliphatic rings. The highest BCUT2D eigenvalue weighted by atomic mass is 16.5. The zero-order valence-corrected chi connectivity index (χ0v) is 14.3. The molecule has 25 heavy (non-hydrogen) atoms. The lowest BCUT2D eigenvalue weighted by molar-refractivity contribution is 0.114. The van der Waals surface area contributed by atoms with E-state index in [-0.39, 0.29) is 24.6 Å². The topological polar surface area (TPSA) is 86.7 Å². The lowest BCUT2D eigenvalue weighted by Gasteiger charge is -2.33. The first-order valence-electron chi connectivity index (χ1n) is 8.11. The molecule has 3 N–H and O–H groups in total. The van der Waals surface area contributed by atoms with Gasteiger partial charge >= 0.3 is 6.03 Å². The van der Waals surface area contributed by atoms with Gasteiger partial charge in [0.1, 0.15) is 5.75 Å². The number of amides is 2. The van der Waals surface area contributed by atoms with Crippen molar-refractivity contribution in [1.29, 1.82) is 0 Å². The summed E-state index contributed by atoms with van der Waals surface area (Å²) in [5.74, 6) is 0.529. The van der Waals surface area contributed by atoms with Crippen LogP contribution >= 0.6 is 0 Å². The molecule has 2 aromatic rings. The van der Waals surface area contributed by atoms with E-state index in [2.05, 4.69) is 15.6 Å². The molecular weight excluding hydrogens is 320 g/mol. The fourth-order valence-corrected chi connectivity index (χ4v) is 2.92. The smallest absolute Gasteiger partial charge is 0.319 e. The largest absolute Gasteiger partial charge is 0.493 e. The molecule has 132 valence electrons. The maximum Gasteiger partial charge on any atom is 0.319 e. The molecular formula is C18H22N4O3. The van der Waals surface area contributed by atoms with Crippen molar-refractivity contribution in [2.75, 3.05) is 37.5 Å². The van der Waals surface area contributed by atoms with Gasteiger partial charge in [-0.25, -0.2) is 4.79 Å². The molecule has 0 radical (unpaired) electrons. The highest BCUT2D eigenvalue weighted by Gasteiger charge is 2.31. The summed E-state index contributed by atoms with van der Waals surface area (Å²) in [6.07, 6.45) is 3.32. The third-order valence-electron chi connectivity index (χ3n) is 4.23. The number of anilines is 2. The molecule has 0 aliphatic carbocycles. The molecule has 0 saturated carbocycles. The van der Waals surface area contributed by atoms with Gasteiger partial charge in [-0.1, -0.05) is 18.2 Å². The predicted molar refractivity (Wildman–Crippen MR) is 96.0 cm³/mol. The van der Waals surface area contributed by atoms with E-state index in [0.717, 1.165) is 17.0 Å². The van der Waals surface area contributed by atoms with Crippen LogP contribution in [-0.4, -0.2) is 43.4 Å². The lowest BCUT2D eigenvalue weighted by Crippen LogP contribution is -2.42. The van der Waals surface area contributed by atoms with Crippen LogP contribution in [0.15, 0.2) is 42.7 Å². The van der Waals surface area contributed by atoms with Crippen LogP contribution in [0.4, 0.5) is 16.2 Å². The Hall–Kier alpha value is -2.80. The summed E-state index contributed by atoms with van der Waals surface area (Å²) < 4.78 is 5.66. The van der Waals surface area contributed by atoms with Crippen LogP contribution in [0.25, 0.3) is 0 Å². The molecule has 0 spiro atoms. The first-order chi connectivity index (χ1) is 12.1. The maximum absolute atomic E-state index is 12.5.